The second-order valence-electron chi connectivity index (χ2n) is 2.57. The van der Waals surface area contributed by atoms with E-state index in [1.807, 2.05) is 6.92 Å². The van der Waals surface area contributed by atoms with Gasteiger partial charge < -0.3 is 10.0 Å². The number of aliphatic hydroxyl groups is 1. The number of hydrogen-bond donors (Lipinski definition) is 1. The zero-order chi connectivity index (χ0) is 9.14. The molecule has 0 bridgehead atoms. The molecule has 0 unspecified atom stereocenters. The smallest absolute Gasteiger partial charge is 0.327 e. The molecular weight excluding hydrogens is 160 g/mol. The first-order chi connectivity index (χ1) is 5.70. The Labute approximate surface area is 70.6 Å². The van der Waals surface area contributed by atoms with Gasteiger partial charge in [0.25, 0.3) is 0 Å². The predicted molar refractivity (Wildman–Crippen MR) is 41.4 cm³/mol. The largest absolute Gasteiger partial charge is 0.395 e. The van der Waals surface area contributed by atoms with Crippen LogP contribution in [0.1, 0.15) is 6.92 Å². The fourth-order valence-electron chi connectivity index (χ4n) is 1.16. The highest BCUT2D eigenvalue weighted by molar-refractivity contribution is 6.01. The Bertz CT molecular complexity index is 205. The zero-order valence-electron chi connectivity index (χ0n) is 6.99. The molecule has 0 spiro atoms. The lowest BCUT2D eigenvalue weighted by Crippen LogP contribution is -2.34. The molecule has 0 saturated carbocycles. The topological polar surface area (TPSA) is 60.9 Å². The van der Waals surface area contributed by atoms with Crippen molar-refractivity contribution < 1.29 is 14.7 Å². The van der Waals surface area contributed by atoms with Gasteiger partial charge in [-0.15, -0.1) is 0 Å². The van der Waals surface area contributed by atoms with E-state index in [9.17, 15) is 9.59 Å². The first kappa shape index (κ1) is 8.99. The summed E-state index contributed by atoms with van der Waals surface area (Å²) in [6.45, 7) is 2.43. The molecule has 0 aromatic heterocycles. The van der Waals surface area contributed by atoms with Crippen molar-refractivity contribution in [1.82, 2.24) is 9.80 Å². The lowest BCUT2D eigenvalue weighted by molar-refractivity contribution is -0.125. The minimum atomic E-state index is -0.295. The van der Waals surface area contributed by atoms with Crippen LogP contribution in [0.5, 0.6) is 0 Å². The van der Waals surface area contributed by atoms with Crippen LogP contribution in [0.4, 0.5) is 4.79 Å². The number of carbonyl (C=O) groups is 2. The summed E-state index contributed by atoms with van der Waals surface area (Å²) in [6, 6.07) is -0.295. The van der Waals surface area contributed by atoms with Crippen molar-refractivity contribution in [1.29, 1.82) is 0 Å². The molecule has 5 heteroatoms. The summed E-state index contributed by atoms with van der Waals surface area (Å²) >= 11 is 0. The molecule has 3 amide bonds. The number of imide groups is 1. The minimum Gasteiger partial charge on any atom is -0.395 e. The second-order valence-corrected chi connectivity index (χ2v) is 2.57. The maximum atomic E-state index is 11.3. The van der Waals surface area contributed by atoms with Crippen molar-refractivity contribution in [3.63, 3.8) is 0 Å². The van der Waals surface area contributed by atoms with Gasteiger partial charge in [0.15, 0.2) is 0 Å². The van der Waals surface area contributed by atoms with Crippen LogP contribution in [0, 0.1) is 0 Å². The Morgan fingerprint density at radius 2 is 2.17 bits per heavy atom. The summed E-state index contributed by atoms with van der Waals surface area (Å²) in [7, 11) is 0. The van der Waals surface area contributed by atoms with Gasteiger partial charge in [-0.3, -0.25) is 9.69 Å². The molecule has 1 N–H and O–H groups in total. The van der Waals surface area contributed by atoms with Crippen LogP contribution in [-0.2, 0) is 4.79 Å². The number of hydrogen-bond acceptors (Lipinski definition) is 3. The highest BCUT2D eigenvalue weighted by Gasteiger charge is 2.33. The molecule has 1 saturated heterocycles. The van der Waals surface area contributed by atoms with Crippen molar-refractivity contribution in [2.45, 2.75) is 6.92 Å². The summed E-state index contributed by atoms with van der Waals surface area (Å²) < 4.78 is 0. The summed E-state index contributed by atoms with van der Waals surface area (Å²) in [5.41, 5.74) is 0. The van der Waals surface area contributed by atoms with Gasteiger partial charge in [0.1, 0.15) is 6.54 Å². The molecule has 0 aliphatic carbocycles. The fraction of sp³-hybridized carbons (Fsp3) is 0.714. The SMILES string of the molecule is CCN1CC(=O)N(CCO)C1=O. The molecule has 5 nitrogen and oxygen atoms in total. The maximum Gasteiger partial charge on any atom is 0.327 e. The number of likely N-dealkylation sites (N-methyl/N-ethyl adjacent to an activating group) is 1. The van der Waals surface area contributed by atoms with Crippen LogP contribution in [0.15, 0.2) is 0 Å². The molecule has 0 aromatic carbocycles. The Morgan fingerprint density at radius 1 is 1.50 bits per heavy atom. The number of amides is 3. The van der Waals surface area contributed by atoms with Crippen molar-refractivity contribution >= 4 is 11.9 Å². The minimum absolute atomic E-state index is 0.105. The van der Waals surface area contributed by atoms with Gasteiger partial charge in [0.2, 0.25) is 5.91 Å². The molecule has 1 aliphatic heterocycles. The van der Waals surface area contributed by atoms with Crippen LogP contribution < -0.4 is 0 Å². The Kier molecular flexibility index (Phi) is 2.65. The van der Waals surface area contributed by atoms with Crippen LogP contribution in [0.3, 0.4) is 0 Å². The molecule has 0 radical (unpaired) electrons. The number of β-amino-alcohol motifs (C(OH)–C–C–N with tert-alkyl or cyclic N) is 1. The average molecular weight is 172 g/mol. The first-order valence-corrected chi connectivity index (χ1v) is 3.90. The molecule has 68 valence electrons. The first-order valence-electron chi connectivity index (χ1n) is 3.90. The van der Waals surface area contributed by atoms with E-state index in [0.717, 1.165) is 4.90 Å². The van der Waals surface area contributed by atoms with E-state index < -0.39 is 0 Å². The summed E-state index contributed by atoms with van der Waals surface area (Å²) in [4.78, 5) is 24.9. The molecule has 12 heavy (non-hydrogen) atoms. The number of aliphatic hydroxyl groups excluding tert-OH is 1. The Hall–Kier alpha value is -1.10. The summed E-state index contributed by atoms with van der Waals surface area (Å²) in [6.07, 6.45) is 0. The van der Waals surface area contributed by atoms with Gasteiger partial charge in [-0.25, -0.2) is 4.79 Å². The van der Waals surface area contributed by atoms with E-state index in [0.29, 0.717) is 6.54 Å². The third-order valence-corrected chi connectivity index (χ3v) is 1.83. The van der Waals surface area contributed by atoms with Gasteiger partial charge >= 0.3 is 6.03 Å². The fourth-order valence-corrected chi connectivity index (χ4v) is 1.16. The van der Waals surface area contributed by atoms with E-state index in [4.69, 9.17) is 5.11 Å². The molecular formula is C7H12N2O3. The third-order valence-electron chi connectivity index (χ3n) is 1.83. The van der Waals surface area contributed by atoms with Crippen LogP contribution in [0.2, 0.25) is 0 Å². The van der Waals surface area contributed by atoms with E-state index in [1.165, 1.54) is 4.90 Å². The predicted octanol–water partition coefficient (Wildman–Crippen LogP) is -0.737. The van der Waals surface area contributed by atoms with Crippen molar-refractivity contribution in [2.24, 2.45) is 0 Å². The number of rotatable bonds is 3. The highest BCUT2D eigenvalue weighted by atomic mass is 16.3. The number of urea groups is 1. The van der Waals surface area contributed by atoms with Gasteiger partial charge in [0, 0.05) is 6.54 Å². The Balaban J connectivity index is 2.64. The monoisotopic (exact) mass is 172 g/mol. The van der Waals surface area contributed by atoms with Crippen LogP contribution in [-0.4, -0.2) is 53.1 Å². The highest BCUT2D eigenvalue weighted by Crippen LogP contribution is 2.08. The molecule has 0 atom stereocenters. The number of carbonyl (C=O) groups excluding carboxylic acids is 2. The average Bonchev–Trinajstić information content (AvgIpc) is 2.32. The normalized spacial score (nSPS) is 17.8. The van der Waals surface area contributed by atoms with E-state index in [-0.39, 0.29) is 31.6 Å². The third kappa shape index (κ3) is 1.40. The zero-order valence-corrected chi connectivity index (χ0v) is 6.99. The number of nitrogens with zero attached hydrogens (tertiary/aromatic N) is 2. The van der Waals surface area contributed by atoms with Crippen molar-refractivity contribution in [2.75, 3.05) is 26.2 Å². The molecule has 1 aliphatic rings. The second kappa shape index (κ2) is 3.53. The molecule has 1 rings (SSSR count). The lowest BCUT2D eigenvalue weighted by Gasteiger charge is -2.13. The molecule has 1 heterocycles. The quantitative estimate of drug-likeness (QED) is 0.570. The van der Waals surface area contributed by atoms with Crippen molar-refractivity contribution in [3.05, 3.63) is 0 Å². The van der Waals surface area contributed by atoms with Gasteiger partial charge in [-0.05, 0) is 6.92 Å². The summed E-state index contributed by atoms with van der Waals surface area (Å²) in [5.74, 6) is -0.226. The van der Waals surface area contributed by atoms with Crippen molar-refractivity contribution in [3.8, 4) is 0 Å². The van der Waals surface area contributed by atoms with Gasteiger partial charge in [-0.1, -0.05) is 0 Å². The van der Waals surface area contributed by atoms with Gasteiger partial charge in [-0.2, -0.15) is 0 Å². The van der Waals surface area contributed by atoms with Gasteiger partial charge in [0.05, 0.1) is 13.2 Å². The maximum absolute atomic E-state index is 11.3. The molecule has 0 aromatic rings. The molecule has 1 fully saturated rings. The van der Waals surface area contributed by atoms with E-state index >= 15 is 0 Å². The lowest BCUT2D eigenvalue weighted by atomic mass is 10.5. The van der Waals surface area contributed by atoms with Crippen LogP contribution >= 0.6 is 0 Å². The summed E-state index contributed by atoms with van der Waals surface area (Å²) in [5, 5.41) is 8.56. The Morgan fingerprint density at radius 3 is 2.58 bits per heavy atom. The van der Waals surface area contributed by atoms with E-state index in [1.54, 1.807) is 0 Å². The standard InChI is InChI=1S/C7H12N2O3/c1-2-8-5-6(11)9(3-4-10)7(8)12/h10H,2-5H2,1H3. The van der Waals surface area contributed by atoms with E-state index in [2.05, 4.69) is 0 Å². The van der Waals surface area contributed by atoms with Crippen LogP contribution in [0.25, 0.3) is 0 Å².